The van der Waals surface area contributed by atoms with Crippen LogP contribution in [-0.4, -0.2) is 37.2 Å². The molecule has 0 amide bonds. The van der Waals surface area contributed by atoms with Crippen molar-refractivity contribution in [1.82, 2.24) is 0 Å². The quantitative estimate of drug-likeness (QED) is 0.0262. The molecule has 0 aromatic heterocycles. The standard InChI is InChI=1S/C57H106O6/c1-4-7-10-13-16-19-22-25-28-29-30-33-35-38-41-44-47-50-56(59)62-53-54(63-57(60)51-48-45-42-39-36-32-27-24-21-18-15-12-9-6-3)52-61-55(58)49-46-43-40-37-34-31-26-23-20-17-14-11-8-5-2/h23-24,26-27,54H,4-22,25,28-53H2,1-3H3/b26-23+,27-24+/t54-/m1/s1. The third-order valence-corrected chi connectivity index (χ3v) is 12.4. The summed E-state index contributed by atoms with van der Waals surface area (Å²) in [4.78, 5) is 38.1. The topological polar surface area (TPSA) is 78.9 Å². The molecule has 0 unspecified atom stereocenters. The third-order valence-electron chi connectivity index (χ3n) is 12.4. The second kappa shape index (κ2) is 52.5. The molecule has 0 bridgehead atoms. The Hall–Kier alpha value is -2.11. The van der Waals surface area contributed by atoms with Crippen molar-refractivity contribution in [3.63, 3.8) is 0 Å². The highest BCUT2D eigenvalue weighted by atomic mass is 16.6. The second-order valence-electron chi connectivity index (χ2n) is 18.8. The van der Waals surface area contributed by atoms with Gasteiger partial charge in [-0.2, -0.15) is 0 Å². The minimum Gasteiger partial charge on any atom is -0.462 e. The van der Waals surface area contributed by atoms with Crippen LogP contribution >= 0.6 is 0 Å². The monoisotopic (exact) mass is 887 g/mol. The Morgan fingerprint density at radius 1 is 0.302 bits per heavy atom. The van der Waals surface area contributed by atoms with Gasteiger partial charge in [-0.05, 0) is 70.6 Å². The van der Waals surface area contributed by atoms with E-state index in [9.17, 15) is 14.4 Å². The number of allylic oxidation sites excluding steroid dienone is 4. The van der Waals surface area contributed by atoms with Gasteiger partial charge in [0, 0.05) is 19.3 Å². The molecule has 0 aliphatic carbocycles. The molecule has 0 rings (SSSR count). The van der Waals surface area contributed by atoms with Crippen LogP contribution in [0, 0.1) is 0 Å². The van der Waals surface area contributed by atoms with Gasteiger partial charge < -0.3 is 14.2 Å². The highest BCUT2D eigenvalue weighted by Gasteiger charge is 2.19. The van der Waals surface area contributed by atoms with Gasteiger partial charge in [0.2, 0.25) is 0 Å². The maximum Gasteiger partial charge on any atom is 0.306 e. The van der Waals surface area contributed by atoms with E-state index in [-0.39, 0.29) is 31.1 Å². The molecule has 370 valence electrons. The molecule has 0 heterocycles. The number of rotatable bonds is 51. The average Bonchev–Trinajstić information content (AvgIpc) is 3.28. The van der Waals surface area contributed by atoms with Crippen molar-refractivity contribution in [2.45, 2.75) is 309 Å². The number of esters is 3. The van der Waals surface area contributed by atoms with E-state index in [1.807, 2.05) is 0 Å². The SMILES string of the molecule is CCCCCCC/C=C/CCCCCCCC(=O)OC[C@H](COC(=O)CCCCCCCCCCCCCCCCCCC)OC(=O)CCCCCCC/C=C/CCCCCCC. The number of carbonyl (C=O) groups is 3. The molecule has 0 N–H and O–H groups in total. The van der Waals surface area contributed by atoms with Crippen LogP contribution in [0.25, 0.3) is 0 Å². The van der Waals surface area contributed by atoms with Crippen molar-refractivity contribution in [2.24, 2.45) is 0 Å². The molecule has 63 heavy (non-hydrogen) atoms. The van der Waals surface area contributed by atoms with Crippen molar-refractivity contribution >= 4 is 17.9 Å². The summed E-state index contributed by atoms with van der Waals surface area (Å²) in [5.74, 6) is -0.874. The maximum atomic E-state index is 12.8. The predicted molar refractivity (Wildman–Crippen MR) is 270 cm³/mol. The van der Waals surface area contributed by atoms with E-state index in [2.05, 4.69) is 45.1 Å². The fourth-order valence-electron chi connectivity index (χ4n) is 8.20. The lowest BCUT2D eigenvalue weighted by atomic mass is 10.0. The Morgan fingerprint density at radius 2 is 0.524 bits per heavy atom. The lowest BCUT2D eigenvalue weighted by Gasteiger charge is -2.18. The number of unbranched alkanes of at least 4 members (excludes halogenated alkanes) is 36. The van der Waals surface area contributed by atoms with Gasteiger partial charge in [0.25, 0.3) is 0 Å². The van der Waals surface area contributed by atoms with Crippen LogP contribution in [0.1, 0.15) is 303 Å². The van der Waals surface area contributed by atoms with Crippen LogP contribution in [0.2, 0.25) is 0 Å². The summed E-state index contributed by atoms with van der Waals surface area (Å²) in [5, 5.41) is 0. The van der Waals surface area contributed by atoms with E-state index >= 15 is 0 Å². The summed E-state index contributed by atoms with van der Waals surface area (Å²) in [6, 6.07) is 0. The van der Waals surface area contributed by atoms with Gasteiger partial charge in [0.1, 0.15) is 13.2 Å². The lowest BCUT2D eigenvalue weighted by molar-refractivity contribution is -0.167. The van der Waals surface area contributed by atoms with Gasteiger partial charge in [-0.15, -0.1) is 0 Å². The summed E-state index contributed by atoms with van der Waals surface area (Å²) in [6.45, 7) is 6.65. The first-order chi connectivity index (χ1) is 31.0. The number of ether oxygens (including phenoxy) is 3. The molecule has 0 spiro atoms. The molecule has 0 radical (unpaired) electrons. The summed E-state index contributed by atoms with van der Waals surface area (Å²) in [5.41, 5.74) is 0. The first-order valence-corrected chi connectivity index (χ1v) is 27.8. The van der Waals surface area contributed by atoms with Crippen molar-refractivity contribution in [1.29, 1.82) is 0 Å². The minimum atomic E-state index is -0.774. The summed E-state index contributed by atoms with van der Waals surface area (Å²) >= 11 is 0. The van der Waals surface area contributed by atoms with Crippen LogP contribution < -0.4 is 0 Å². The molecular weight excluding hydrogens is 781 g/mol. The summed E-state index contributed by atoms with van der Waals surface area (Å²) < 4.78 is 16.8. The summed E-state index contributed by atoms with van der Waals surface area (Å²) in [7, 11) is 0. The first-order valence-electron chi connectivity index (χ1n) is 27.8. The highest BCUT2D eigenvalue weighted by molar-refractivity contribution is 5.71. The van der Waals surface area contributed by atoms with Gasteiger partial charge in [-0.25, -0.2) is 0 Å². The molecule has 0 saturated carbocycles. The van der Waals surface area contributed by atoms with Gasteiger partial charge in [0.15, 0.2) is 6.10 Å². The molecule has 6 nitrogen and oxygen atoms in total. The zero-order valence-corrected chi connectivity index (χ0v) is 42.4. The van der Waals surface area contributed by atoms with E-state index in [1.54, 1.807) is 0 Å². The predicted octanol–water partition coefficient (Wildman–Crippen LogP) is 18.3. The van der Waals surface area contributed by atoms with Crippen LogP contribution in [0.15, 0.2) is 24.3 Å². The number of carbonyl (C=O) groups excluding carboxylic acids is 3. The largest absolute Gasteiger partial charge is 0.462 e. The fraction of sp³-hybridized carbons (Fsp3) is 0.877. The number of hydrogen-bond acceptors (Lipinski definition) is 6. The van der Waals surface area contributed by atoms with E-state index in [0.29, 0.717) is 19.3 Å². The zero-order valence-electron chi connectivity index (χ0n) is 42.4. The molecule has 0 saturated heterocycles. The highest BCUT2D eigenvalue weighted by Crippen LogP contribution is 2.16. The Morgan fingerprint density at radius 3 is 0.794 bits per heavy atom. The Balaban J connectivity index is 4.34. The van der Waals surface area contributed by atoms with Gasteiger partial charge >= 0.3 is 17.9 Å². The van der Waals surface area contributed by atoms with Crippen molar-refractivity contribution in [3.05, 3.63) is 24.3 Å². The van der Waals surface area contributed by atoms with E-state index < -0.39 is 6.10 Å². The van der Waals surface area contributed by atoms with E-state index in [4.69, 9.17) is 14.2 Å². The van der Waals surface area contributed by atoms with Crippen LogP contribution in [0.4, 0.5) is 0 Å². The molecule has 0 aliphatic heterocycles. The van der Waals surface area contributed by atoms with Gasteiger partial charge in [-0.3, -0.25) is 14.4 Å². The van der Waals surface area contributed by atoms with E-state index in [0.717, 1.165) is 70.6 Å². The zero-order chi connectivity index (χ0) is 45.8. The minimum absolute atomic E-state index is 0.0730. The second-order valence-corrected chi connectivity index (χ2v) is 18.8. The first kappa shape index (κ1) is 60.9. The smallest absolute Gasteiger partial charge is 0.306 e. The van der Waals surface area contributed by atoms with Gasteiger partial charge in [-0.1, -0.05) is 238 Å². The molecule has 0 aromatic rings. The molecular formula is C57H106O6. The lowest BCUT2D eigenvalue weighted by Crippen LogP contribution is -2.30. The van der Waals surface area contributed by atoms with Gasteiger partial charge in [0.05, 0.1) is 0 Å². The molecule has 0 aliphatic rings. The van der Waals surface area contributed by atoms with E-state index in [1.165, 1.54) is 193 Å². The molecule has 6 heteroatoms. The van der Waals surface area contributed by atoms with Crippen LogP contribution in [0.3, 0.4) is 0 Å². The maximum absolute atomic E-state index is 12.8. The van der Waals surface area contributed by atoms with Crippen molar-refractivity contribution in [3.8, 4) is 0 Å². The Labute approximate surface area is 392 Å². The molecule has 0 aromatic carbocycles. The normalized spacial score (nSPS) is 12.1. The summed E-state index contributed by atoms with van der Waals surface area (Å²) in [6.07, 6.45) is 60.2. The average molecular weight is 887 g/mol. The van der Waals surface area contributed by atoms with Crippen molar-refractivity contribution < 1.29 is 28.6 Å². The van der Waals surface area contributed by atoms with Crippen molar-refractivity contribution in [2.75, 3.05) is 13.2 Å². The Kier molecular flexibility index (Phi) is 50.8. The molecule has 1 atom stereocenters. The van der Waals surface area contributed by atoms with Crippen LogP contribution in [-0.2, 0) is 28.6 Å². The Bertz CT molecular complexity index is 1020. The van der Waals surface area contributed by atoms with Crippen LogP contribution in [0.5, 0.6) is 0 Å². The fourth-order valence-corrected chi connectivity index (χ4v) is 8.20. The number of hydrogen-bond donors (Lipinski definition) is 0. The molecule has 0 fully saturated rings. The third kappa shape index (κ3) is 50.7.